The van der Waals surface area contributed by atoms with Crippen LogP contribution in [0.25, 0.3) is 0 Å². The first kappa shape index (κ1) is 15.7. The van der Waals surface area contributed by atoms with Crippen molar-refractivity contribution in [3.8, 4) is 11.5 Å². The second kappa shape index (κ2) is 6.36. The SMILES string of the molecule is CCCOc1ccc(OS(=O)(=O)c2ncn(C)c2Cl)cc1. The van der Waals surface area contributed by atoms with E-state index in [1.54, 1.807) is 19.2 Å². The smallest absolute Gasteiger partial charge is 0.360 e. The maximum absolute atomic E-state index is 12.1. The average molecular weight is 331 g/mol. The Morgan fingerprint density at radius 1 is 1.24 bits per heavy atom. The second-order valence-electron chi connectivity index (χ2n) is 4.31. The lowest BCUT2D eigenvalue weighted by molar-refractivity contribution is 0.317. The summed E-state index contributed by atoms with van der Waals surface area (Å²) in [5.74, 6) is 0.818. The fraction of sp³-hybridized carbons (Fsp3) is 0.308. The Morgan fingerprint density at radius 2 is 1.86 bits per heavy atom. The van der Waals surface area contributed by atoms with Crippen LogP contribution in [0.3, 0.4) is 0 Å². The van der Waals surface area contributed by atoms with Crippen molar-refractivity contribution >= 4 is 21.7 Å². The van der Waals surface area contributed by atoms with Crippen molar-refractivity contribution in [1.82, 2.24) is 9.55 Å². The lowest BCUT2D eigenvalue weighted by Crippen LogP contribution is -2.11. The molecule has 0 saturated heterocycles. The van der Waals surface area contributed by atoms with Gasteiger partial charge in [0.05, 0.1) is 12.9 Å². The number of imidazole rings is 1. The second-order valence-corrected chi connectivity index (χ2v) is 6.13. The molecular weight excluding hydrogens is 316 g/mol. The number of aromatic nitrogens is 2. The van der Waals surface area contributed by atoms with Crippen LogP contribution in [-0.2, 0) is 17.2 Å². The number of halogens is 1. The van der Waals surface area contributed by atoms with E-state index >= 15 is 0 Å². The molecule has 0 aliphatic heterocycles. The molecule has 21 heavy (non-hydrogen) atoms. The van der Waals surface area contributed by atoms with Crippen LogP contribution in [0.5, 0.6) is 11.5 Å². The van der Waals surface area contributed by atoms with Crippen LogP contribution in [0, 0.1) is 0 Å². The third-order valence-corrected chi connectivity index (χ3v) is 4.32. The fourth-order valence-corrected chi connectivity index (χ4v) is 2.88. The summed E-state index contributed by atoms with van der Waals surface area (Å²) in [6.07, 6.45) is 2.20. The molecule has 0 amide bonds. The number of nitrogens with zero attached hydrogens (tertiary/aromatic N) is 2. The lowest BCUT2D eigenvalue weighted by atomic mass is 10.3. The molecule has 1 aromatic carbocycles. The summed E-state index contributed by atoms with van der Waals surface area (Å²) in [6, 6.07) is 6.31. The van der Waals surface area contributed by atoms with Gasteiger partial charge >= 0.3 is 10.1 Å². The zero-order valence-corrected chi connectivity index (χ0v) is 13.2. The first-order chi connectivity index (χ1) is 9.94. The normalized spacial score (nSPS) is 11.4. The Bertz CT molecular complexity index is 710. The Morgan fingerprint density at radius 3 is 2.38 bits per heavy atom. The molecule has 114 valence electrons. The van der Waals surface area contributed by atoms with Crippen LogP contribution in [0.15, 0.2) is 35.6 Å². The largest absolute Gasteiger partial charge is 0.494 e. The van der Waals surface area contributed by atoms with Crippen LogP contribution >= 0.6 is 11.6 Å². The van der Waals surface area contributed by atoms with Crippen molar-refractivity contribution in [2.24, 2.45) is 7.05 Å². The first-order valence-electron chi connectivity index (χ1n) is 6.28. The first-order valence-corrected chi connectivity index (χ1v) is 8.07. The van der Waals surface area contributed by atoms with Crippen LogP contribution in [0.1, 0.15) is 13.3 Å². The Hall–Kier alpha value is -1.73. The molecule has 0 N–H and O–H groups in total. The summed E-state index contributed by atoms with van der Waals surface area (Å²) >= 11 is 5.86. The van der Waals surface area contributed by atoms with Crippen LogP contribution < -0.4 is 8.92 Å². The summed E-state index contributed by atoms with van der Waals surface area (Å²) in [4.78, 5) is 3.73. The van der Waals surface area contributed by atoms with Gasteiger partial charge in [0.25, 0.3) is 0 Å². The van der Waals surface area contributed by atoms with Gasteiger partial charge in [0, 0.05) is 7.05 Å². The van der Waals surface area contributed by atoms with Crippen molar-refractivity contribution in [2.45, 2.75) is 18.4 Å². The molecule has 8 heteroatoms. The van der Waals surface area contributed by atoms with Gasteiger partial charge in [-0.05, 0) is 30.7 Å². The van der Waals surface area contributed by atoms with E-state index < -0.39 is 10.1 Å². The van der Waals surface area contributed by atoms with Crippen molar-refractivity contribution in [3.05, 3.63) is 35.7 Å². The number of ether oxygens (including phenoxy) is 1. The molecule has 1 heterocycles. The summed E-state index contributed by atoms with van der Waals surface area (Å²) in [6.45, 7) is 2.60. The molecule has 2 aromatic rings. The molecule has 0 radical (unpaired) electrons. The highest BCUT2D eigenvalue weighted by Gasteiger charge is 2.24. The van der Waals surface area contributed by atoms with Gasteiger partial charge in [-0.25, -0.2) is 4.98 Å². The van der Waals surface area contributed by atoms with Crippen LogP contribution in [0.4, 0.5) is 0 Å². The quantitative estimate of drug-likeness (QED) is 0.761. The Labute approximate surface area is 128 Å². The van der Waals surface area contributed by atoms with E-state index in [-0.39, 0.29) is 15.9 Å². The van der Waals surface area contributed by atoms with E-state index in [1.165, 1.54) is 23.0 Å². The molecule has 2 rings (SSSR count). The number of rotatable bonds is 6. The third-order valence-electron chi connectivity index (χ3n) is 2.57. The monoisotopic (exact) mass is 330 g/mol. The van der Waals surface area contributed by atoms with Crippen LogP contribution in [0.2, 0.25) is 5.15 Å². The molecular formula is C13H15ClN2O4S. The van der Waals surface area contributed by atoms with Crippen LogP contribution in [-0.4, -0.2) is 24.6 Å². The van der Waals surface area contributed by atoms with Gasteiger partial charge in [-0.2, -0.15) is 8.42 Å². The average Bonchev–Trinajstić information content (AvgIpc) is 2.78. The minimum Gasteiger partial charge on any atom is -0.494 e. The van der Waals surface area contributed by atoms with Gasteiger partial charge in [-0.15, -0.1) is 0 Å². The third kappa shape index (κ3) is 3.68. The molecule has 0 fully saturated rings. The van der Waals surface area contributed by atoms with E-state index in [1.807, 2.05) is 6.92 Å². The van der Waals surface area contributed by atoms with Gasteiger partial charge in [0.2, 0.25) is 5.03 Å². The summed E-state index contributed by atoms with van der Waals surface area (Å²) in [7, 11) is -2.47. The summed E-state index contributed by atoms with van der Waals surface area (Å²) in [5.41, 5.74) is 0. The lowest BCUT2D eigenvalue weighted by Gasteiger charge is -2.07. The molecule has 0 unspecified atom stereocenters. The summed E-state index contributed by atoms with van der Waals surface area (Å²) in [5, 5.41) is -0.309. The Kier molecular flexibility index (Phi) is 4.74. The van der Waals surface area contributed by atoms with E-state index in [4.69, 9.17) is 20.5 Å². The number of aryl methyl sites for hydroxylation is 1. The molecule has 6 nitrogen and oxygen atoms in total. The topological polar surface area (TPSA) is 70.4 Å². The number of hydrogen-bond acceptors (Lipinski definition) is 5. The number of benzene rings is 1. The maximum atomic E-state index is 12.1. The van der Waals surface area contributed by atoms with Crippen molar-refractivity contribution in [3.63, 3.8) is 0 Å². The molecule has 0 spiro atoms. The van der Waals surface area contributed by atoms with Crippen molar-refractivity contribution < 1.29 is 17.3 Å². The highest BCUT2D eigenvalue weighted by Crippen LogP contribution is 2.24. The van der Waals surface area contributed by atoms with E-state index in [2.05, 4.69) is 4.98 Å². The predicted octanol–water partition coefficient (Wildman–Crippen LogP) is 2.63. The molecule has 0 bridgehead atoms. The van der Waals surface area contributed by atoms with Gasteiger partial charge in [-0.3, -0.25) is 0 Å². The zero-order valence-electron chi connectivity index (χ0n) is 11.6. The predicted molar refractivity (Wildman–Crippen MR) is 78.3 cm³/mol. The minimum atomic E-state index is -4.06. The zero-order chi connectivity index (χ0) is 15.5. The highest BCUT2D eigenvalue weighted by molar-refractivity contribution is 7.87. The summed E-state index contributed by atoms with van der Waals surface area (Å²) < 4.78 is 35.9. The molecule has 0 aliphatic carbocycles. The highest BCUT2D eigenvalue weighted by atomic mass is 35.5. The molecule has 0 atom stereocenters. The van der Waals surface area contributed by atoms with Gasteiger partial charge < -0.3 is 13.5 Å². The molecule has 0 saturated carbocycles. The maximum Gasteiger partial charge on any atom is 0.360 e. The standard InChI is InChI=1S/C13H15ClN2O4S/c1-3-8-19-10-4-6-11(7-5-10)20-21(17,18)13-12(14)16(2)9-15-13/h4-7,9H,3,8H2,1-2H3. The van der Waals surface area contributed by atoms with E-state index in [9.17, 15) is 8.42 Å². The molecule has 0 aliphatic rings. The van der Waals surface area contributed by atoms with Gasteiger partial charge in [0.15, 0.2) is 5.15 Å². The van der Waals surface area contributed by atoms with Crippen molar-refractivity contribution in [1.29, 1.82) is 0 Å². The fourth-order valence-electron chi connectivity index (χ4n) is 1.54. The van der Waals surface area contributed by atoms with E-state index in [0.29, 0.717) is 12.4 Å². The minimum absolute atomic E-state index is 0.00195. The van der Waals surface area contributed by atoms with Gasteiger partial charge in [-0.1, -0.05) is 18.5 Å². The number of hydrogen-bond donors (Lipinski definition) is 0. The van der Waals surface area contributed by atoms with Gasteiger partial charge in [0.1, 0.15) is 11.5 Å². The Balaban J connectivity index is 2.15. The van der Waals surface area contributed by atoms with E-state index in [0.717, 1.165) is 6.42 Å². The van der Waals surface area contributed by atoms with Crippen molar-refractivity contribution in [2.75, 3.05) is 6.61 Å². The molecule has 1 aromatic heterocycles.